The molecule has 0 radical (unpaired) electrons. The van der Waals surface area contributed by atoms with Crippen molar-refractivity contribution in [3.8, 4) is 5.69 Å². The van der Waals surface area contributed by atoms with Gasteiger partial charge in [0.1, 0.15) is 0 Å². The number of aryl methyl sites for hydroxylation is 2. The summed E-state index contributed by atoms with van der Waals surface area (Å²) in [5.41, 5.74) is -0.726. The fourth-order valence-electron chi connectivity index (χ4n) is 3.41. The summed E-state index contributed by atoms with van der Waals surface area (Å²) in [5.74, 6) is -0.737. The second-order valence-corrected chi connectivity index (χ2v) is 8.26. The van der Waals surface area contributed by atoms with Crippen LogP contribution in [0.3, 0.4) is 0 Å². The minimum Gasteiger partial charge on any atom is -0.348 e. The molecule has 1 amide bonds. The van der Waals surface area contributed by atoms with Crippen LogP contribution in [0.25, 0.3) is 5.69 Å². The average molecular weight is 474 g/mol. The highest BCUT2D eigenvalue weighted by molar-refractivity contribution is 5.91. The van der Waals surface area contributed by atoms with Gasteiger partial charge in [0.15, 0.2) is 0 Å². The lowest BCUT2D eigenvalue weighted by molar-refractivity contribution is -0.137. The number of halogens is 3. The van der Waals surface area contributed by atoms with Gasteiger partial charge in [-0.25, -0.2) is 4.79 Å². The molecule has 0 bridgehead atoms. The average Bonchev–Trinajstić information content (AvgIpc) is 2.75. The molecule has 0 aliphatic heterocycles. The third-order valence-corrected chi connectivity index (χ3v) is 5.34. The van der Waals surface area contributed by atoms with Gasteiger partial charge in [0.25, 0.3) is 11.5 Å². The van der Waals surface area contributed by atoms with Crippen molar-refractivity contribution in [1.82, 2.24) is 19.7 Å². The number of benzene rings is 2. The van der Waals surface area contributed by atoms with Crippen LogP contribution in [0.1, 0.15) is 53.0 Å². The van der Waals surface area contributed by atoms with Crippen LogP contribution in [0.5, 0.6) is 0 Å². The number of nitrogens with zero attached hydrogens (tertiary/aromatic N) is 3. The van der Waals surface area contributed by atoms with Crippen LogP contribution in [0.15, 0.2) is 52.1 Å². The minimum atomic E-state index is -4.51. The van der Waals surface area contributed by atoms with Gasteiger partial charge in [0.2, 0.25) is 5.69 Å². The van der Waals surface area contributed by atoms with Crippen LogP contribution in [-0.2, 0) is 12.7 Å². The minimum absolute atomic E-state index is 0.237. The fourth-order valence-corrected chi connectivity index (χ4v) is 3.41. The standard InChI is InChI=1S/C24H25F3N4O3/c1-5-16(4)28-21(32)20-22(33)30(13-17-6-8-18(9-7-17)24(25,26)27)23(34)31(29-20)19-11-14(2)10-15(3)12-19/h6-12,16H,5,13H2,1-4H3,(H,28,32)/t16-/m0/s1. The molecule has 1 N–H and O–H groups in total. The summed E-state index contributed by atoms with van der Waals surface area (Å²) in [6.07, 6.45) is -3.90. The molecule has 1 heterocycles. The molecule has 0 spiro atoms. The number of carbonyl (C=O) groups is 1. The zero-order valence-corrected chi connectivity index (χ0v) is 19.2. The first kappa shape index (κ1) is 24.9. The highest BCUT2D eigenvalue weighted by atomic mass is 19.4. The Morgan fingerprint density at radius 3 is 2.18 bits per heavy atom. The Labute approximate surface area is 193 Å². The number of hydrogen-bond acceptors (Lipinski definition) is 4. The molecule has 2 aromatic carbocycles. The molecule has 0 saturated carbocycles. The number of amides is 1. The van der Waals surface area contributed by atoms with Crippen LogP contribution in [-0.4, -0.2) is 26.3 Å². The molecule has 0 fully saturated rings. The molecular formula is C24H25F3N4O3. The summed E-state index contributed by atoms with van der Waals surface area (Å²) in [6.45, 7) is 6.95. The highest BCUT2D eigenvalue weighted by Crippen LogP contribution is 2.29. The first-order valence-corrected chi connectivity index (χ1v) is 10.7. The molecule has 1 aromatic heterocycles. The van der Waals surface area contributed by atoms with Crippen molar-refractivity contribution in [3.63, 3.8) is 0 Å². The molecule has 180 valence electrons. The number of aromatic nitrogens is 3. The van der Waals surface area contributed by atoms with Crippen molar-refractivity contribution >= 4 is 5.91 Å². The van der Waals surface area contributed by atoms with E-state index < -0.39 is 34.6 Å². The molecule has 3 rings (SSSR count). The van der Waals surface area contributed by atoms with E-state index in [-0.39, 0.29) is 12.6 Å². The van der Waals surface area contributed by atoms with Crippen LogP contribution < -0.4 is 16.6 Å². The van der Waals surface area contributed by atoms with E-state index in [4.69, 9.17) is 0 Å². The van der Waals surface area contributed by atoms with Crippen molar-refractivity contribution in [1.29, 1.82) is 0 Å². The Morgan fingerprint density at radius 1 is 1.06 bits per heavy atom. The van der Waals surface area contributed by atoms with E-state index in [1.807, 2.05) is 26.8 Å². The number of alkyl halides is 3. The maximum Gasteiger partial charge on any atom is 0.416 e. The molecule has 1 atom stereocenters. The summed E-state index contributed by atoms with van der Waals surface area (Å²) < 4.78 is 40.5. The predicted octanol–water partition coefficient (Wildman–Crippen LogP) is 3.61. The lowest BCUT2D eigenvalue weighted by Gasteiger charge is -2.15. The van der Waals surface area contributed by atoms with Crippen LogP contribution in [0.4, 0.5) is 13.2 Å². The van der Waals surface area contributed by atoms with Gasteiger partial charge in [-0.05, 0) is 68.1 Å². The molecule has 0 aliphatic rings. The third-order valence-electron chi connectivity index (χ3n) is 5.34. The SMILES string of the molecule is CC[C@H](C)NC(=O)c1nn(-c2cc(C)cc(C)c2)c(=O)n(Cc2ccc(C(F)(F)F)cc2)c1=O. The largest absolute Gasteiger partial charge is 0.416 e. The topological polar surface area (TPSA) is 86.0 Å². The van der Waals surface area contributed by atoms with E-state index in [2.05, 4.69) is 10.4 Å². The van der Waals surface area contributed by atoms with Gasteiger partial charge < -0.3 is 5.32 Å². The summed E-state index contributed by atoms with van der Waals surface area (Å²) in [6, 6.07) is 9.16. The Morgan fingerprint density at radius 2 is 1.65 bits per heavy atom. The second kappa shape index (κ2) is 9.66. The van der Waals surface area contributed by atoms with E-state index in [0.29, 0.717) is 17.7 Å². The lowest BCUT2D eigenvalue weighted by atomic mass is 10.1. The van der Waals surface area contributed by atoms with Crippen molar-refractivity contribution in [2.75, 3.05) is 0 Å². The quantitative estimate of drug-likeness (QED) is 0.592. The monoisotopic (exact) mass is 474 g/mol. The van der Waals surface area contributed by atoms with Gasteiger partial charge in [0, 0.05) is 6.04 Å². The van der Waals surface area contributed by atoms with Gasteiger partial charge in [-0.2, -0.15) is 23.0 Å². The Hall–Kier alpha value is -3.69. The predicted molar refractivity (Wildman–Crippen MR) is 121 cm³/mol. The normalized spacial score (nSPS) is 12.4. The third kappa shape index (κ3) is 5.44. The molecule has 10 heteroatoms. The zero-order chi connectivity index (χ0) is 25.2. The van der Waals surface area contributed by atoms with E-state index in [9.17, 15) is 27.6 Å². The first-order valence-electron chi connectivity index (χ1n) is 10.7. The van der Waals surface area contributed by atoms with Crippen molar-refractivity contribution in [2.24, 2.45) is 0 Å². The summed E-state index contributed by atoms with van der Waals surface area (Å²) in [7, 11) is 0. The number of rotatable bonds is 6. The van der Waals surface area contributed by atoms with Crippen molar-refractivity contribution in [3.05, 3.63) is 91.3 Å². The van der Waals surface area contributed by atoms with Gasteiger partial charge in [0.05, 0.1) is 17.8 Å². The summed E-state index contributed by atoms with van der Waals surface area (Å²) in [5, 5.41) is 6.74. The molecule has 0 unspecified atom stereocenters. The molecule has 0 aliphatic carbocycles. The van der Waals surface area contributed by atoms with Gasteiger partial charge in [-0.3, -0.25) is 14.2 Å². The maximum atomic E-state index is 13.2. The van der Waals surface area contributed by atoms with Gasteiger partial charge in [-0.15, -0.1) is 0 Å². The van der Waals surface area contributed by atoms with E-state index in [1.165, 1.54) is 12.1 Å². The summed E-state index contributed by atoms with van der Waals surface area (Å²) in [4.78, 5) is 39.1. The van der Waals surface area contributed by atoms with Gasteiger partial charge in [-0.1, -0.05) is 25.1 Å². The highest BCUT2D eigenvalue weighted by Gasteiger charge is 2.30. The Bertz CT molecular complexity index is 1310. The van der Waals surface area contributed by atoms with Crippen molar-refractivity contribution < 1.29 is 18.0 Å². The Kier molecular flexibility index (Phi) is 7.09. The van der Waals surface area contributed by atoms with Crippen LogP contribution in [0, 0.1) is 13.8 Å². The first-order chi connectivity index (χ1) is 15.9. The van der Waals surface area contributed by atoms with Crippen LogP contribution >= 0.6 is 0 Å². The number of carbonyl (C=O) groups excluding carboxylic acids is 1. The van der Waals surface area contributed by atoms with Crippen molar-refractivity contribution in [2.45, 2.75) is 52.9 Å². The second-order valence-electron chi connectivity index (χ2n) is 8.26. The van der Waals surface area contributed by atoms with Crippen LogP contribution in [0.2, 0.25) is 0 Å². The lowest BCUT2D eigenvalue weighted by Crippen LogP contribution is -2.47. The molecule has 3 aromatic rings. The molecule has 0 saturated heterocycles. The molecule has 34 heavy (non-hydrogen) atoms. The Balaban J connectivity index is 2.17. The fraction of sp³-hybridized carbons (Fsp3) is 0.333. The summed E-state index contributed by atoms with van der Waals surface area (Å²) >= 11 is 0. The zero-order valence-electron chi connectivity index (χ0n) is 19.2. The van der Waals surface area contributed by atoms with E-state index >= 15 is 0 Å². The van der Waals surface area contributed by atoms with E-state index in [1.54, 1.807) is 19.1 Å². The maximum absolute atomic E-state index is 13.2. The molecule has 7 nitrogen and oxygen atoms in total. The smallest absolute Gasteiger partial charge is 0.348 e. The number of nitrogens with one attached hydrogen (secondary N) is 1. The molecular weight excluding hydrogens is 449 g/mol. The van der Waals surface area contributed by atoms with E-state index in [0.717, 1.165) is 32.5 Å². The number of hydrogen-bond donors (Lipinski definition) is 1. The van der Waals surface area contributed by atoms with Gasteiger partial charge >= 0.3 is 11.9 Å².